The van der Waals surface area contributed by atoms with E-state index in [1.165, 1.54) is 0 Å². The Bertz CT molecular complexity index is 820. The Morgan fingerprint density at radius 1 is 1.14 bits per heavy atom. The SMILES string of the molecule is COc1cccc(CN(CC(=O)N2CCNCC2)C(=O)c2ccc(Br)cc2)c1. The topological polar surface area (TPSA) is 61.9 Å². The third-order valence-corrected chi connectivity index (χ3v) is 5.21. The van der Waals surface area contributed by atoms with Crippen LogP contribution in [0.25, 0.3) is 0 Å². The number of nitrogens with zero attached hydrogens (tertiary/aromatic N) is 2. The van der Waals surface area contributed by atoms with Gasteiger partial charge in [0.2, 0.25) is 5.91 Å². The van der Waals surface area contributed by atoms with Crippen LogP contribution in [0.1, 0.15) is 15.9 Å². The Morgan fingerprint density at radius 3 is 2.54 bits per heavy atom. The van der Waals surface area contributed by atoms with E-state index >= 15 is 0 Å². The number of carbonyl (C=O) groups is 2. The molecule has 1 fully saturated rings. The Kier molecular flexibility index (Phi) is 7.06. The van der Waals surface area contributed by atoms with Gasteiger partial charge in [0.25, 0.3) is 5.91 Å². The first-order valence-corrected chi connectivity index (χ1v) is 10.0. The zero-order valence-electron chi connectivity index (χ0n) is 15.9. The largest absolute Gasteiger partial charge is 0.497 e. The highest BCUT2D eigenvalue weighted by Gasteiger charge is 2.23. The number of hydrogen-bond donors (Lipinski definition) is 1. The highest BCUT2D eigenvalue weighted by Crippen LogP contribution is 2.17. The van der Waals surface area contributed by atoms with E-state index in [2.05, 4.69) is 21.2 Å². The summed E-state index contributed by atoms with van der Waals surface area (Å²) in [6, 6.07) is 14.7. The van der Waals surface area contributed by atoms with Crippen molar-refractivity contribution in [3.05, 3.63) is 64.1 Å². The predicted molar refractivity (Wildman–Crippen MR) is 111 cm³/mol. The van der Waals surface area contributed by atoms with Gasteiger partial charge in [-0.3, -0.25) is 9.59 Å². The summed E-state index contributed by atoms with van der Waals surface area (Å²) in [5, 5.41) is 3.24. The number of halogens is 1. The van der Waals surface area contributed by atoms with Gasteiger partial charge in [-0.25, -0.2) is 0 Å². The van der Waals surface area contributed by atoms with Crippen LogP contribution in [0.4, 0.5) is 0 Å². The van der Waals surface area contributed by atoms with Crippen LogP contribution in [0, 0.1) is 0 Å². The van der Waals surface area contributed by atoms with Crippen LogP contribution in [-0.4, -0.2) is 61.4 Å². The average molecular weight is 446 g/mol. The van der Waals surface area contributed by atoms with Gasteiger partial charge < -0.3 is 19.9 Å². The minimum Gasteiger partial charge on any atom is -0.497 e. The van der Waals surface area contributed by atoms with Crippen molar-refractivity contribution >= 4 is 27.7 Å². The third kappa shape index (κ3) is 5.33. The number of carbonyl (C=O) groups excluding carboxylic acids is 2. The molecule has 2 amide bonds. The summed E-state index contributed by atoms with van der Waals surface area (Å²) in [5.41, 5.74) is 1.47. The monoisotopic (exact) mass is 445 g/mol. The fraction of sp³-hybridized carbons (Fsp3) is 0.333. The quantitative estimate of drug-likeness (QED) is 0.741. The van der Waals surface area contributed by atoms with Crippen LogP contribution in [0.15, 0.2) is 53.0 Å². The first kappa shape index (κ1) is 20.4. The molecule has 0 aliphatic carbocycles. The minimum absolute atomic E-state index is 0.0325. The lowest BCUT2D eigenvalue weighted by Crippen LogP contribution is -2.50. The van der Waals surface area contributed by atoms with Crippen molar-refractivity contribution in [2.75, 3.05) is 39.8 Å². The molecule has 28 heavy (non-hydrogen) atoms. The fourth-order valence-electron chi connectivity index (χ4n) is 3.14. The van der Waals surface area contributed by atoms with Gasteiger partial charge in [0.15, 0.2) is 0 Å². The number of amides is 2. The van der Waals surface area contributed by atoms with Gasteiger partial charge in [-0.1, -0.05) is 28.1 Å². The molecule has 0 saturated carbocycles. The minimum atomic E-state index is -0.168. The molecule has 0 spiro atoms. The molecule has 1 aliphatic heterocycles. The summed E-state index contributed by atoms with van der Waals surface area (Å²) in [4.78, 5) is 29.3. The zero-order chi connectivity index (χ0) is 19.9. The molecule has 2 aromatic carbocycles. The highest BCUT2D eigenvalue weighted by molar-refractivity contribution is 9.10. The summed E-state index contributed by atoms with van der Waals surface area (Å²) >= 11 is 3.39. The molecule has 0 bridgehead atoms. The van der Waals surface area contributed by atoms with E-state index < -0.39 is 0 Å². The van der Waals surface area contributed by atoms with E-state index in [0.29, 0.717) is 25.2 Å². The maximum absolute atomic E-state index is 13.1. The molecule has 2 aromatic rings. The molecule has 1 heterocycles. The van der Waals surface area contributed by atoms with E-state index in [-0.39, 0.29) is 18.4 Å². The van der Waals surface area contributed by atoms with Crippen molar-refractivity contribution in [2.24, 2.45) is 0 Å². The summed E-state index contributed by atoms with van der Waals surface area (Å²) in [7, 11) is 1.61. The number of piperazine rings is 1. The second kappa shape index (κ2) is 9.71. The fourth-order valence-corrected chi connectivity index (χ4v) is 3.41. The van der Waals surface area contributed by atoms with E-state index in [4.69, 9.17) is 4.74 Å². The molecule has 0 radical (unpaired) electrons. The van der Waals surface area contributed by atoms with Crippen LogP contribution < -0.4 is 10.1 Å². The Balaban J connectivity index is 1.80. The number of methoxy groups -OCH3 is 1. The molecule has 0 atom stereocenters. The zero-order valence-corrected chi connectivity index (χ0v) is 17.4. The Hall–Kier alpha value is -2.38. The first-order valence-electron chi connectivity index (χ1n) is 9.23. The van der Waals surface area contributed by atoms with Gasteiger partial charge in [-0.15, -0.1) is 0 Å². The summed E-state index contributed by atoms with van der Waals surface area (Å²) in [5.74, 6) is 0.524. The Labute approximate surface area is 173 Å². The lowest BCUT2D eigenvalue weighted by molar-refractivity contribution is -0.132. The van der Waals surface area contributed by atoms with Gasteiger partial charge in [0, 0.05) is 42.8 Å². The van der Waals surface area contributed by atoms with Crippen LogP contribution in [0.3, 0.4) is 0 Å². The van der Waals surface area contributed by atoms with Crippen LogP contribution in [0.5, 0.6) is 5.75 Å². The van der Waals surface area contributed by atoms with Crippen molar-refractivity contribution in [2.45, 2.75) is 6.54 Å². The molecule has 6 nitrogen and oxygen atoms in total. The lowest BCUT2D eigenvalue weighted by atomic mass is 10.1. The number of benzene rings is 2. The number of ether oxygens (including phenoxy) is 1. The third-order valence-electron chi connectivity index (χ3n) is 4.68. The molecule has 148 valence electrons. The van der Waals surface area contributed by atoms with Crippen molar-refractivity contribution in [3.8, 4) is 5.75 Å². The smallest absolute Gasteiger partial charge is 0.254 e. The Morgan fingerprint density at radius 2 is 1.86 bits per heavy atom. The molecule has 3 rings (SSSR count). The molecular weight excluding hydrogens is 422 g/mol. The van der Waals surface area contributed by atoms with Gasteiger partial charge in [-0.2, -0.15) is 0 Å². The van der Waals surface area contributed by atoms with Crippen LogP contribution in [0.2, 0.25) is 0 Å². The van der Waals surface area contributed by atoms with E-state index in [1.807, 2.05) is 41.3 Å². The summed E-state index contributed by atoms with van der Waals surface area (Å²) in [6.07, 6.45) is 0. The van der Waals surface area contributed by atoms with Crippen molar-refractivity contribution < 1.29 is 14.3 Å². The second-order valence-electron chi connectivity index (χ2n) is 6.65. The molecular formula is C21H24BrN3O3. The van der Waals surface area contributed by atoms with E-state index in [1.54, 1.807) is 24.1 Å². The maximum Gasteiger partial charge on any atom is 0.254 e. The lowest BCUT2D eigenvalue weighted by Gasteiger charge is -2.30. The molecule has 7 heteroatoms. The average Bonchev–Trinajstić information content (AvgIpc) is 2.74. The summed E-state index contributed by atoms with van der Waals surface area (Å²) in [6.45, 7) is 3.28. The van der Waals surface area contributed by atoms with Crippen LogP contribution >= 0.6 is 15.9 Å². The van der Waals surface area contributed by atoms with Crippen molar-refractivity contribution in [3.63, 3.8) is 0 Å². The second-order valence-corrected chi connectivity index (χ2v) is 7.57. The molecule has 0 unspecified atom stereocenters. The highest BCUT2D eigenvalue weighted by atomic mass is 79.9. The number of nitrogens with one attached hydrogen (secondary N) is 1. The molecule has 1 saturated heterocycles. The normalized spacial score (nSPS) is 13.9. The van der Waals surface area contributed by atoms with Crippen molar-refractivity contribution in [1.82, 2.24) is 15.1 Å². The first-order chi connectivity index (χ1) is 13.6. The van der Waals surface area contributed by atoms with E-state index in [0.717, 1.165) is 28.9 Å². The standard InChI is InChI=1S/C21H24BrN3O3/c1-28-19-4-2-3-16(13-19)14-25(15-20(26)24-11-9-23-10-12-24)21(27)17-5-7-18(22)8-6-17/h2-8,13,23H,9-12,14-15H2,1H3. The summed E-state index contributed by atoms with van der Waals surface area (Å²) < 4.78 is 6.18. The van der Waals surface area contributed by atoms with Crippen molar-refractivity contribution in [1.29, 1.82) is 0 Å². The van der Waals surface area contributed by atoms with Gasteiger partial charge in [0.1, 0.15) is 12.3 Å². The van der Waals surface area contributed by atoms with Crippen LogP contribution in [-0.2, 0) is 11.3 Å². The molecule has 0 aromatic heterocycles. The predicted octanol–water partition coefficient (Wildman–Crippen LogP) is 2.53. The number of hydrogen-bond acceptors (Lipinski definition) is 4. The number of rotatable bonds is 6. The van der Waals surface area contributed by atoms with Gasteiger partial charge >= 0.3 is 0 Å². The van der Waals surface area contributed by atoms with Gasteiger partial charge in [0.05, 0.1) is 7.11 Å². The maximum atomic E-state index is 13.1. The van der Waals surface area contributed by atoms with E-state index in [9.17, 15) is 9.59 Å². The molecule has 1 N–H and O–H groups in total. The van der Waals surface area contributed by atoms with Gasteiger partial charge in [-0.05, 0) is 42.0 Å². The molecule has 1 aliphatic rings.